The van der Waals surface area contributed by atoms with Crippen molar-refractivity contribution in [2.24, 2.45) is 0 Å². The third kappa shape index (κ3) is 5.16. The van der Waals surface area contributed by atoms with E-state index >= 15 is 0 Å². The van der Waals surface area contributed by atoms with Crippen molar-refractivity contribution in [3.63, 3.8) is 0 Å². The maximum atomic E-state index is 13.1. The van der Waals surface area contributed by atoms with Gasteiger partial charge in [0, 0.05) is 0 Å². The molecule has 3 aromatic carbocycles. The van der Waals surface area contributed by atoms with Crippen molar-refractivity contribution < 1.29 is 13.2 Å². The summed E-state index contributed by atoms with van der Waals surface area (Å²) >= 11 is -0.289. The Kier molecular flexibility index (Phi) is 6.27. The molecular formula is C22H20O3SSe. The molecule has 0 aromatic heterocycles. The number of benzene rings is 3. The third-order valence-electron chi connectivity index (χ3n) is 4.12. The summed E-state index contributed by atoms with van der Waals surface area (Å²) in [5, 5.41) is 0. The molecule has 0 radical (unpaired) electrons. The molecule has 3 aromatic rings. The number of hydrogen-bond donors (Lipinski definition) is 0. The Bertz CT molecular complexity index is 998. The van der Waals surface area contributed by atoms with Gasteiger partial charge >= 0.3 is 167 Å². The molecule has 0 saturated heterocycles. The van der Waals surface area contributed by atoms with Crippen molar-refractivity contribution in [2.45, 2.75) is 16.6 Å². The van der Waals surface area contributed by atoms with Crippen molar-refractivity contribution >= 4 is 35.0 Å². The summed E-state index contributed by atoms with van der Waals surface area (Å²) in [7, 11) is -3.55. The Morgan fingerprint density at radius 2 is 1.41 bits per heavy atom. The summed E-state index contributed by atoms with van der Waals surface area (Å²) in [5.74, 6) is -0.297. The second-order valence-electron chi connectivity index (χ2n) is 6.24. The van der Waals surface area contributed by atoms with Gasteiger partial charge in [0.05, 0.1) is 0 Å². The van der Waals surface area contributed by atoms with Crippen molar-refractivity contribution in [1.29, 1.82) is 0 Å². The number of carbonyl (C=O) groups excluding carboxylic acids is 1. The Morgan fingerprint density at radius 3 is 2.00 bits per heavy atom. The normalized spacial score (nSPS) is 12.5. The zero-order valence-corrected chi connectivity index (χ0v) is 17.4. The van der Waals surface area contributed by atoms with E-state index in [1.807, 2.05) is 37.3 Å². The first kappa shape index (κ1) is 19.6. The Hall–Kier alpha value is -2.20. The van der Waals surface area contributed by atoms with E-state index in [1.165, 1.54) is 0 Å². The minimum absolute atomic E-state index is 0.115. The summed E-state index contributed by atoms with van der Waals surface area (Å²) in [6.45, 7) is 2.00. The molecule has 0 saturated carbocycles. The average molecular weight is 443 g/mol. The molecule has 3 nitrogen and oxygen atoms in total. The van der Waals surface area contributed by atoms with Gasteiger partial charge in [0.1, 0.15) is 0 Å². The molecule has 1 atom stereocenters. The molecule has 0 fully saturated rings. The van der Waals surface area contributed by atoms with Crippen LogP contribution < -0.4 is 4.46 Å². The number of Topliss-reactive ketones (excluding diaryl/α,β-unsaturated/α-hetero) is 1. The zero-order valence-electron chi connectivity index (χ0n) is 14.9. The van der Waals surface area contributed by atoms with E-state index in [0.717, 1.165) is 10.0 Å². The van der Waals surface area contributed by atoms with Crippen LogP contribution in [-0.2, 0) is 9.84 Å². The standard InChI is InChI=1S/C22H20O3SSe/c1-17-12-14-20(15-13-17)27-21(22(23)18-8-4-2-5-9-18)16-26(24,25)19-10-6-3-7-11-19/h2-15,21H,16H2,1H3. The molecule has 0 aliphatic carbocycles. The number of carbonyl (C=O) groups is 1. The van der Waals surface area contributed by atoms with E-state index in [2.05, 4.69) is 0 Å². The predicted octanol–water partition coefficient (Wildman–Crippen LogP) is 3.47. The summed E-state index contributed by atoms with van der Waals surface area (Å²) in [6, 6.07) is 25.2. The van der Waals surface area contributed by atoms with Crippen LogP contribution in [0.2, 0.25) is 4.82 Å². The number of hydrogen-bond acceptors (Lipinski definition) is 3. The Balaban J connectivity index is 1.91. The minimum atomic E-state index is -3.55. The Morgan fingerprint density at radius 1 is 0.852 bits per heavy atom. The van der Waals surface area contributed by atoms with Crippen LogP contribution >= 0.6 is 0 Å². The Labute approximate surface area is 166 Å². The van der Waals surface area contributed by atoms with Gasteiger partial charge in [-0.1, -0.05) is 0 Å². The molecule has 0 bridgehead atoms. The van der Waals surface area contributed by atoms with Gasteiger partial charge in [0.2, 0.25) is 0 Å². The van der Waals surface area contributed by atoms with Gasteiger partial charge in [-0.3, -0.25) is 0 Å². The van der Waals surface area contributed by atoms with Crippen molar-refractivity contribution in [3.8, 4) is 0 Å². The molecule has 1 unspecified atom stereocenters. The first-order valence-corrected chi connectivity index (χ1v) is 12.1. The molecule has 138 valence electrons. The van der Waals surface area contributed by atoms with E-state index in [4.69, 9.17) is 0 Å². The van der Waals surface area contributed by atoms with Crippen LogP contribution in [-0.4, -0.2) is 34.9 Å². The fourth-order valence-corrected chi connectivity index (χ4v) is 7.41. The fraction of sp³-hybridized carbons (Fsp3) is 0.136. The monoisotopic (exact) mass is 444 g/mol. The molecule has 0 spiro atoms. The van der Waals surface area contributed by atoms with Crippen LogP contribution in [0, 0.1) is 6.92 Å². The summed E-state index contributed by atoms with van der Waals surface area (Å²) in [4.78, 5) is 12.8. The summed E-state index contributed by atoms with van der Waals surface area (Å²) in [6.07, 6.45) is 0. The van der Waals surface area contributed by atoms with Crippen LogP contribution in [0.4, 0.5) is 0 Å². The topological polar surface area (TPSA) is 51.2 Å². The number of sulfone groups is 1. The third-order valence-corrected chi connectivity index (χ3v) is 8.90. The van der Waals surface area contributed by atoms with E-state index in [0.29, 0.717) is 5.56 Å². The predicted molar refractivity (Wildman–Crippen MR) is 110 cm³/mol. The quantitative estimate of drug-likeness (QED) is 0.415. The molecule has 5 heteroatoms. The van der Waals surface area contributed by atoms with E-state index < -0.39 is 14.7 Å². The molecular weight excluding hydrogens is 423 g/mol. The van der Waals surface area contributed by atoms with E-state index in [9.17, 15) is 13.2 Å². The first-order chi connectivity index (χ1) is 13.0. The van der Waals surface area contributed by atoms with Gasteiger partial charge in [0.25, 0.3) is 0 Å². The molecule has 27 heavy (non-hydrogen) atoms. The number of rotatable bonds is 7. The second kappa shape index (κ2) is 8.66. The van der Waals surface area contributed by atoms with Crippen LogP contribution in [0.3, 0.4) is 0 Å². The van der Waals surface area contributed by atoms with Crippen molar-refractivity contribution in [2.75, 3.05) is 5.75 Å². The van der Waals surface area contributed by atoms with Gasteiger partial charge < -0.3 is 0 Å². The van der Waals surface area contributed by atoms with Crippen LogP contribution in [0.25, 0.3) is 0 Å². The SMILES string of the molecule is Cc1ccc([Se]C(CS(=O)(=O)c2ccccc2)C(=O)c2ccccc2)cc1. The zero-order chi connectivity index (χ0) is 19.3. The van der Waals surface area contributed by atoms with Gasteiger partial charge in [-0.2, -0.15) is 0 Å². The number of ketones is 1. The summed E-state index contributed by atoms with van der Waals surface area (Å²) in [5.41, 5.74) is 1.69. The fourth-order valence-electron chi connectivity index (χ4n) is 2.66. The summed E-state index contributed by atoms with van der Waals surface area (Å²) < 4.78 is 26.8. The molecule has 0 aliphatic rings. The molecule has 0 heterocycles. The molecule has 0 amide bonds. The molecule has 0 N–H and O–H groups in total. The van der Waals surface area contributed by atoms with Crippen LogP contribution in [0.5, 0.6) is 0 Å². The van der Waals surface area contributed by atoms with E-state index in [1.54, 1.807) is 54.6 Å². The van der Waals surface area contributed by atoms with Gasteiger partial charge in [-0.15, -0.1) is 0 Å². The average Bonchev–Trinajstić information content (AvgIpc) is 2.70. The van der Waals surface area contributed by atoms with Crippen LogP contribution in [0.1, 0.15) is 15.9 Å². The number of aryl methyl sites for hydroxylation is 1. The molecule has 0 aliphatic heterocycles. The second-order valence-corrected chi connectivity index (χ2v) is 11.0. The first-order valence-electron chi connectivity index (χ1n) is 8.56. The van der Waals surface area contributed by atoms with Crippen molar-refractivity contribution in [1.82, 2.24) is 0 Å². The van der Waals surface area contributed by atoms with Gasteiger partial charge in [-0.25, -0.2) is 0 Å². The maximum absolute atomic E-state index is 13.1. The van der Waals surface area contributed by atoms with E-state index in [-0.39, 0.29) is 31.4 Å². The van der Waals surface area contributed by atoms with Gasteiger partial charge in [0.15, 0.2) is 0 Å². The van der Waals surface area contributed by atoms with Crippen LogP contribution in [0.15, 0.2) is 89.8 Å². The molecule has 3 rings (SSSR count). The van der Waals surface area contributed by atoms with Crippen molar-refractivity contribution in [3.05, 3.63) is 96.1 Å². The van der Waals surface area contributed by atoms with Gasteiger partial charge in [-0.05, 0) is 0 Å².